The molecular weight excluding hydrogens is 333 g/mol. The van der Waals surface area contributed by atoms with Crippen molar-refractivity contribution < 1.29 is 28.8 Å². The summed E-state index contributed by atoms with van der Waals surface area (Å²) >= 11 is 0. The zero-order valence-electron chi connectivity index (χ0n) is 14.9. The van der Waals surface area contributed by atoms with E-state index in [0.29, 0.717) is 6.61 Å². The van der Waals surface area contributed by atoms with Gasteiger partial charge in [-0.1, -0.05) is 0 Å². The molecule has 0 aromatic heterocycles. The molecule has 25 heavy (non-hydrogen) atoms. The molecule has 3 saturated heterocycles. The van der Waals surface area contributed by atoms with E-state index in [1.165, 1.54) is 0 Å². The molecule has 3 aliphatic heterocycles. The van der Waals surface area contributed by atoms with Crippen LogP contribution < -0.4 is 17.2 Å². The zero-order chi connectivity index (χ0) is 19.2. The summed E-state index contributed by atoms with van der Waals surface area (Å²) in [5, 5.41) is 20.8. The third kappa shape index (κ3) is 11.0. The van der Waals surface area contributed by atoms with Crippen LogP contribution in [0, 0.1) is 13.0 Å². The molecule has 0 aromatic rings. The van der Waals surface area contributed by atoms with E-state index in [2.05, 4.69) is 6.92 Å². The van der Waals surface area contributed by atoms with Gasteiger partial charge in [-0.05, 0) is 26.7 Å². The molecule has 8 nitrogen and oxygen atoms in total. The van der Waals surface area contributed by atoms with Crippen LogP contribution in [-0.4, -0.2) is 63.7 Å². The van der Waals surface area contributed by atoms with Crippen molar-refractivity contribution in [3.8, 4) is 0 Å². The van der Waals surface area contributed by atoms with Crippen molar-refractivity contribution in [2.75, 3.05) is 33.0 Å². The highest BCUT2D eigenvalue weighted by Gasteiger charge is 2.26. The lowest BCUT2D eigenvalue weighted by atomic mass is 10.1. The van der Waals surface area contributed by atoms with Gasteiger partial charge in [0.25, 0.3) is 0 Å². The van der Waals surface area contributed by atoms with Crippen molar-refractivity contribution in [1.82, 2.24) is 0 Å². The number of halogens is 1. The topological polar surface area (TPSA) is 146 Å². The third-order valence-electron chi connectivity index (χ3n) is 3.69. The molecule has 3 aliphatic rings. The van der Waals surface area contributed by atoms with E-state index in [1.807, 2.05) is 6.92 Å². The summed E-state index contributed by atoms with van der Waals surface area (Å²) in [6, 6.07) is 0.909. The molecule has 9 heteroatoms. The van der Waals surface area contributed by atoms with Crippen molar-refractivity contribution in [3.63, 3.8) is 0 Å². The largest absolute Gasteiger partial charge is 0.376 e. The van der Waals surface area contributed by atoms with Crippen LogP contribution in [0.15, 0.2) is 0 Å². The summed E-state index contributed by atoms with van der Waals surface area (Å²) in [4.78, 5) is 0. The van der Waals surface area contributed by atoms with E-state index < -0.39 is 19.0 Å². The maximum Gasteiger partial charge on any atom is 0.167 e. The van der Waals surface area contributed by atoms with E-state index in [4.69, 9.17) is 31.4 Å². The van der Waals surface area contributed by atoms with Gasteiger partial charge in [0.2, 0.25) is 0 Å². The molecule has 3 heterocycles. The Morgan fingerprint density at radius 3 is 1.56 bits per heavy atom. The Morgan fingerprint density at radius 1 is 1.12 bits per heavy atom. The molecule has 4 radical (unpaired) electrons. The van der Waals surface area contributed by atoms with Crippen molar-refractivity contribution in [1.29, 1.82) is 0 Å². The number of hydrogen-bond donors (Lipinski definition) is 3. The first kappa shape index (κ1) is 24.6. The van der Waals surface area contributed by atoms with Gasteiger partial charge in [0.05, 0.1) is 24.9 Å². The summed E-state index contributed by atoms with van der Waals surface area (Å²) in [5.41, 5.74) is 15.4. The predicted molar refractivity (Wildman–Crippen MR) is 89.7 cm³/mol. The minimum atomic E-state index is -1.02. The third-order valence-corrected chi connectivity index (χ3v) is 3.69. The minimum absolute atomic E-state index is 0.0833. The van der Waals surface area contributed by atoms with E-state index in [0.717, 1.165) is 38.5 Å². The Kier molecular flexibility index (Phi) is 14.5. The monoisotopic (exact) mass is 365 g/mol. The average molecular weight is 365 g/mol. The Hall–Kier alpha value is -0.390. The molecule has 3 rings (SSSR count). The van der Waals surface area contributed by atoms with Crippen molar-refractivity contribution in [3.05, 3.63) is 13.0 Å². The molecule has 148 valence electrons. The van der Waals surface area contributed by atoms with Crippen LogP contribution in [0.1, 0.15) is 26.2 Å². The fourth-order valence-electron chi connectivity index (χ4n) is 1.81. The average Bonchev–Trinajstić information content (AvgIpc) is 2.33. The lowest BCUT2D eigenvalue weighted by molar-refractivity contribution is -0.133. The second kappa shape index (κ2) is 14.7. The van der Waals surface area contributed by atoms with Gasteiger partial charge in [-0.2, -0.15) is 0 Å². The van der Waals surface area contributed by atoms with Crippen LogP contribution in [0.5, 0.6) is 0 Å². The Balaban J connectivity index is 0.000000321. The van der Waals surface area contributed by atoms with Crippen LogP contribution in [0.25, 0.3) is 0 Å². The second-order valence-electron chi connectivity index (χ2n) is 5.72. The molecule has 0 saturated carbocycles. The van der Waals surface area contributed by atoms with Gasteiger partial charge < -0.3 is 31.4 Å². The van der Waals surface area contributed by atoms with E-state index in [9.17, 15) is 14.6 Å². The van der Waals surface area contributed by atoms with Gasteiger partial charge in [0.15, 0.2) is 6.23 Å². The number of ether oxygens (including phenoxy) is 3. The normalized spacial score (nSPS) is 28.9. The molecule has 5 unspecified atom stereocenters. The quantitative estimate of drug-likeness (QED) is 0.602. The van der Waals surface area contributed by atoms with E-state index >= 15 is 0 Å². The fourth-order valence-corrected chi connectivity index (χ4v) is 1.81. The Morgan fingerprint density at radius 2 is 1.52 bits per heavy atom. The zero-order valence-corrected chi connectivity index (χ0v) is 14.9. The van der Waals surface area contributed by atoms with Crippen molar-refractivity contribution in [2.45, 2.75) is 56.8 Å². The van der Waals surface area contributed by atoms with Crippen LogP contribution in [0.3, 0.4) is 0 Å². The number of hydrogen-bond acceptors (Lipinski definition) is 6. The first-order valence-corrected chi connectivity index (χ1v) is 8.43. The van der Waals surface area contributed by atoms with Gasteiger partial charge in [0.1, 0.15) is 12.2 Å². The van der Waals surface area contributed by atoms with E-state index in [-0.39, 0.29) is 24.9 Å². The molecule has 0 aliphatic carbocycles. The number of nitrogens with two attached hydrogens (primary N) is 3. The first-order chi connectivity index (χ1) is 11.9. The van der Waals surface area contributed by atoms with Crippen LogP contribution in [0.2, 0.25) is 0 Å². The van der Waals surface area contributed by atoms with Crippen molar-refractivity contribution in [2.24, 2.45) is 17.2 Å². The van der Waals surface area contributed by atoms with Gasteiger partial charge >= 0.3 is 0 Å². The number of alkyl halides is 1. The molecule has 0 spiro atoms. The molecule has 6 N–H and O–H groups in total. The molecule has 0 aromatic carbocycles. The van der Waals surface area contributed by atoms with Crippen molar-refractivity contribution >= 4 is 0 Å². The van der Waals surface area contributed by atoms with Crippen LogP contribution in [0.4, 0.5) is 4.39 Å². The van der Waals surface area contributed by atoms with Gasteiger partial charge in [-0.3, -0.25) is 4.39 Å². The SMILES string of the molecule is C[C](N)C1CCO1.NC([O])C1CCO1.NCC([O])C1CCO1.[CH2]CF. The highest BCUT2D eigenvalue weighted by Crippen LogP contribution is 2.16. The maximum absolute atomic E-state index is 10.6. The molecule has 3 fully saturated rings. The Bertz CT molecular complexity index is 281. The highest BCUT2D eigenvalue weighted by molar-refractivity contribution is 4.90. The van der Waals surface area contributed by atoms with Gasteiger partial charge in [0, 0.05) is 32.8 Å². The smallest absolute Gasteiger partial charge is 0.167 e. The Labute approximate surface area is 149 Å². The summed E-state index contributed by atoms with van der Waals surface area (Å²) < 4.78 is 24.9. The summed E-state index contributed by atoms with van der Waals surface area (Å²) in [7, 11) is 0. The lowest BCUT2D eigenvalue weighted by Gasteiger charge is -2.28. The molecule has 0 amide bonds. The maximum atomic E-state index is 10.6. The molecular formula is C16H32FN3O5. The van der Waals surface area contributed by atoms with Gasteiger partial charge in [-0.15, -0.1) is 0 Å². The highest BCUT2D eigenvalue weighted by atomic mass is 19.1. The van der Waals surface area contributed by atoms with Crippen LogP contribution in [-0.2, 0) is 24.4 Å². The molecule has 5 atom stereocenters. The minimum Gasteiger partial charge on any atom is -0.376 e. The lowest BCUT2D eigenvalue weighted by Crippen LogP contribution is -2.42. The fraction of sp³-hybridized carbons (Fsp3) is 0.875. The number of rotatable bonds is 4. The summed E-state index contributed by atoms with van der Waals surface area (Å²) in [6.07, 6.45) is 1.13. The first-order valence-electron chi connectivity index (χ1n) is 8.43. The van der Waals surface area contributed by atoms with E-state index in [1.54, 1.807) is 0 Å². The molecule has 0 bridgehead atoms. The second-order valence-corrected chi connectivity index (χ2v) is 5.72. The standard InChI is InChI=1S/C5H10NO2.C5H10NO.C4H8NO2.C2H4F/c6-3-4(7)5-1-2-8-5;1-4(6)5-2-3-7-5;5-4(6)3-1-2-7-3;1-2-3/h4-5H,1-3,6H2;5H,2-3,6H2,1H3;3-4H,1-2,5H2;1-2H2. The predicted octanol–water partition coefficient (Wildman–Crippen LogP) is 0.0996. The van der Waals surface area contributed by atoms with Crippen LogP contribution >= 0.6 is 0 Å². The van der Waals surface area contributed by atoms with Gasteiger partial charge in [-0.25, -0.2) is 10.2 Å². The summed E-state index contributed by atoms with van der Waals surface area (Å²) in [6.45, 7) is 6.75. The summed E-state index contributed by atoms with van der Waals surface area (Å²) in [5.74, 6) is 0.